The predicted molar refractivity (Wildman–Crippen MR) is 131 cm³/mol. The van der Waals surface area contributed by atoms with Gasteiger partial charge in [-0.2, -0.15) is 0 Å². The smallest absolute Gasteiger partial charge is 0.255 e. The predicted octanol–water partition coefficient (Wildman–Crippen LogP) is 6.55. The van der Waals surface area contributed by atoms with Crippen LogP contribution in [0.15, 0.2) is 114 Å². The van der Waals surface area contributed by atoms with Gasteiger partial charge < -0.3 is 10.6 Å². The van der Waals surface area contributed by atoms with E-state index in [1.807, 2.05) is 72.8 Å². The average molecular weight is 457 g/mol. The lowest BCUT2D eigenvalue weighted by atomic mass is 10.1. The number of anilines is 2. The molecule has 0 aliphatic carbocycles. The first-order valence-corrected chi connectivity index (χ1v) is 11.2. The van der Waals surface area contributed by atoms with E-state index in [0.717, 1.165) is 16.1 Å². The van der Waals surface area contributed by atoms with Gasteiger partial charge in [-0.15, -0.1) is 11.8 Å². The van der Waals surface area contributed by atoms with Gasteiger partial charge in [-0.1, -0.05) is 48.5 Å². The van der Waals surface area contributed by atoms with Gasteiger partial charge in [0.2, 0.25) is 5.91 Å². The van der Waals surface area contributed by atoms with Crippen LogP contribution in [-0.4, -0.2) is 11.8 Å². The van der Waals surface area contributed by atoms with Crippen molar-refractivity contribution in [1.29, 1.82) is 0 Å². The molecule has 0 bridgehead atoms. The summed E-state index contributed by atoms with van der Waals surface area (Å²) >= 11 is 1.43. The maximum absolute atomic E-state index is 13.1. The monoisotopic (exact) mass is 456 g/mol. The van der Waals surface area contributed by atoms with E-state index in [9.17, 15) is 14.0 Å². The van der Waals surface area contributed by atoms with Gasteiger partial charge in [0.05, 0.1) is 0 Å². The molecule has 1 unspecified atom stereocenters. The highest BCUT2D eigenvalue weighted by Crippen LogP contribution is 2.36. The Bertz CT molecular complexity index is 1210. The fraction of sp³-hybridized carbons (Fsp3) is 0.0370. The Hall–Kier alpha value is -3.90. The molecule has 1 atom stereocenters. The molecule has 4 rings (SSSR count). The number of para-hydroxylation sites is 1. The second-order valence-corrected chi connectivity index (χ2v) is 8.43. The molecule has 0 heterocycles. The molecule has 0 saturated carbocycles. The minimum Gasteiger partial charge on any atom is -0.325 e. The number of carbonyl (C=O) groups is 2. The highest BCUT2D eigenvalue weighted by molar-refractivity contribution is 8.00. The average Bonchev–Trinajstić information content (AvgIpc) is 2.85. The van der Waals surface area contributed by atoms with Crippen LogP contribution in [0.4, 0.5) is 15.8 Å². The second-order valence-electron chi connectivity index (χ2n) is 7.25. The molecule has 0 aromatic heterocycles. The summed E-state index contributed by atoms with van der Waals surface area (Å²) in [6, 6.07) is 31.6. The van der Waals surface area contributed by atoms with Crippen LogP contribution in [-0.2, 0) is 4.79 Å². The quantitative estimate of drug-likeness (QED) is 0.310. The number of benzene rings is 4. The van der Waals surface area contributed by atoms with Crippen LogP contribution in [0.2, 0.25) is 0 Å². The van der Waals surface area contributed by atoms with Gasteiger partial charge in [-0.25, -0.2) is 4.39 Å². The van der Waals surface area contributed by atoms with Gasteiger partial charge in [0.1, 0.15) is 11.1 Å². The molecule has 0 spiro atoms. The van der Waals surface area contributed by atoms with Crippen LogP contribution >= 0.6 is 11.8 Å². The second kappa shape index (κ2) is 10.6. The third-order valence-electron chi connectivity index (χ3n) is 4.85. The minimum atomic E-state index is -0.453. The highest BCUT2D eigenvalue weighted by atomic mass is 32.2. The van der Waals surface area contributed by atoms with Crippen LogP contribution in [0.25, 0.3) is 0 Å². The number of carbonyl (C=O) groups excluding carboxylic acids is 2. The summed E-state index contributed by atoms with van der Waals surface area (Å²) in [5.41, 5.74) is 2.61. The first kappa shape index (κ1) is 22.3. The molecular formula is C27H21FN2O2S. The zero-order chi connectivity index (χ0) is 23.0. The molecule has 0 saturated heterocycles. The van der Waals surface area contributed by atoms with E-state index in [1.165, 1.54) is 36.0 Å². The molecule has 4 nitrogen and oxygen atoms in total. The Kier molecular flexibility index (Phi) is 7.17. The SMILES string of the molecule is O=C(Nc1ccc(SC(C(=O)Nc2ccccc2)c2ccccc2)cc1)c1ccc(F)cc1. The fourth-order valence-electron chi connectivity index (χ4n) is 3.19. The van der Waals surface area contributed by atoms with Gasteiger partial charge >= 0.3 is 0 Å². The number of rotatable bonds is 7. The standard InChI is InChI=1S/C27H21FN2O2S/c28-21-13-11-20(12-14-21)26(31)29-23-15-17-24(18-16-23)33-25(19-7-3-1-4-8-19)27(32)30-22-9-5-2-6-10-22/h1-18,25H,(H,29,31)(H,30,32). The van der Waals surface area contributed by atoms with Gasteiger partial charge in [-0.05, 0) is 66.2 Å². The molecule has 0 fully saturated rings. The van der Waals surface area contributed by atoms with E-state index >= 15 is 0 Å². The van der Waals surface area contributed by atoms with E-state index in [2.05, 4.69) is 10.6 Å². The molecule has 4 aromatic rings. The molecule has 164 valence electrons. The van der Waals surface area contributed by atoms with Crippen molar-refractivity contribution in [2.45, 2.75) is 10.1 Å². The lowest BCUT2D eigenvalue weighted by molar-refractivity contribution is -0.115. The molecule has 4 aromatic carbocycles. The Balaban J connectivity index is 1.47. The van der Waals surface area contributed by atoms with Crippen LogP contribution < -0.4 is 10.6 Å². The van der Waals surface area contributed by atoms with E-state index in [-0.39, 0.29) is 11.8 Å². The molecule has 33 heavy (non-hydrogen) atoms. The van der Waals surface area contributed by atoms with Gasteiger partial charge in [0, 0.05) is 21.8 Å². The summed E-state index contributed by atoms with van der Waals surface area (Å²) in [4.78, 5) is 26.3. The number of nitrogens with one attached hydrogen (secondary N) is 2. The summed E-state index contributed by atoms with van der Waals surface area (Å²) in [7, 11) is 0. The summed E-state index contributed by atoms with van der Waals surface area (Å²) in [5.74, 6) is -0.830. The van der Waals surface area contributed by atoms with Crippen molar-refractivity contribution in [2.24, 2.45) is 0 Å². The van der Waals surface area contributed by atoms with Gasteiger partial charge in [-0.3, -0.25) is 9.59 Å². The number of amides is 2. The van der Waals surface area contributed by atoms with Crippen molar-refractivity contribution in [3.05, 3.63) is 126 Å². The lowest BCUT2D eigenvalue weighted by Crippen LogP contribution is -2.19. The number of thioether (sulfide) groups is 1. The zero-order valence-electron chi connectivity index (χ0n) is 17.6. The van der Waals surface area contributed by atoms with Crippen LogP contribution in [0.3, 0.4) is 0 Å². The molecule has 0 aliphatic heterocycles. The molecule has 2 amide bonds. The van der Waals surface area contributed by atoms with E-state index in [0.29, 0.717) is 11.3 Å². The van der Waals surface area contributed by atoms with Gasteiger partial charge in [0.15, 0.2) is 0 Å². The minimum absolute atomic E-state index is 0.119. The van der Waals surface area contributed by atoms with Crippen LogP contribution in [0.1, 0.15) is 21.2 Å². The number of hydrogen-bond acceptors (Lipinski definition) is 3. The van der Waals surface area contributed by atoms with Gasteiger partial charge in [0.25, 0.3) is 5.91 Å². The van der Waals surface area contributed by atoms with E-state index in [1.54, 1.807) is 12.1 Å². The van der Waals surface area contributed by atoms with Crippen molar-refractivity contribution in [3.8, 4) is 0 Å². The summed E-state index contributed by atoms with van der Waals surface area (Å²) in [6.07, 6.45) is 0. The Morgan fingerprint density at radius 3 is 1.88 bits per heavy atom. The Morgan fingerprint density at radius 2 is 1.24 bits per heavy atom. The summed E-state index contributed by atoms with van der Waals surface area (Å²) < 4.78 is 13.1. The molecule has 6 heteroatoms. The Labute approximate surface area is 195 Å². The van der Waals surface area contributed by atoms with Crippen molar-refractivity contribution in [2.75, 3.05) is 10.6 Å². The molecular weight excluding hydrogens is 435 g/mol. The van der Waals surface area contributed by atoms with Crippen molar-refractivity contribution < 1.29 is 14.0 Å². The van der Waals surface area contributed by atoms with Crippen molar-refractivity contribution in [3.63, 3.8) is 0 Å². The topological polar surface area (TPSA) is 58.2 Å². The van der Waals surface area contributed by atoms with E-state index < -0.39 is 11.1 Å². The normalized spacial score (nSPS) is 11.4. The van der Waals surface area contributed by atoms with Crippen molar-refractivity contribution in [1.82, 2.24) is 0 Å². The largest absolute Gasteiger partial charge is 0.325 e. The number of hydrogen-bond donors (Lipinski definition) is 2. The maximum Gasteiger partial charge on any atom is 0.255 e. The highest BCUT2D eigenvalue weighted by Gasteiger charge is 2.22. The van der Waals surface area contributed by atoms with Crippen LogP contribution in [0.5, 0.6) is 0 Å². The Morgan fingerprint density at radius 1 is 0.667 bits per heavy atom. The lowest BCUT2D eigenvalue weighted by Gasteiger charge is -2.17. The van der Waals surface area contributed by atoms with Crippen LogP contribution in [0, 0.1) is 5.82 Å². The molecule has 2 N–H and O–H groups in total. The summed E-state index contributed by atoms with van der Waals surface area (Å²) in [5, 5.41) is 5.32. The summed E-state index contributed by atoms with van der Waals surface area (Å²) in [6.45, 7) is 0. The maximum atomic E-state index is 13.1. The molecule has 0 radical (unpaired) electrons. The van der Waals surface area contributed by atoms with Crippen molar-refractivity contribution >= 4 is 35.0 Å². The number of halogens is 1. The first-order valence-electron chi connectivity index (χ1n) is 10.3. The third-order valence-corrected chi connectivity index (χ3v) is 6.12. The first-order chi connectivity index (χ1) is 16.1. The third kappa shape index (κ3) is 6.08. The molecule has 0 aliphatic rings. The van der Waals surface area contributed by atoms with E-state index in [4.69, 9.17) is 0 Å². The zero-order valence-corrected chi connectivity index (χ0v) is 18.4. The fourth-order valence-corrected chi connectivity index (χ4v) is 4.21.